The summed E-state index contributed by atoms with van der Waals surface area (Å²) in [6.45, 7) is 0. The van der Waals surface area contributed by atoms with Crippen LogP contribution in [-0.2, 0) is 0 Å². The van der Waals surface area contributed by atoms with Crippen molar-refractivity contribution in [3.63, 3.8) is 0 Å². The fourth-order valence-corrected chi connectivity index (χ4v) is 1.73. The lowest BCUT2D eigenvalue weighted by Crippen LogP contribution is -2.30. The maximum Gasteiger partial charge on any atom is 0.319 e. The standard InChI is InChI=1S/C11H13BrN2O2/c1-16-10-6-8(4-5-9(10)12)14-11(15)13-7-2-3-7/h4-7H,2-3H2,1H3,(H2,13,14,15). The molecule has 1 aromatic rings. The number of nitrogens with one attached hydrogen (secondary N) is 2. The third-order valence-electron chi connectivity index (χ3n) is 2.32. The number of carbonyl (C=O) groups excluding carboxylic acids is 1. The molecule has 2 rings (SSSR count). The van der Waals surface area contributed by atoms with Crippen molar-refractivity contribution >= 4 is 27.6 Å². The maximum absolute atomic E-state index is 11.5. The fraction of sp³-hybridized carbons (Fsp3) is 0.364. The Hall–Kier alpha value is -1.23. The van der Waals surface area contributed by atoms with Gasteiger partial charge in [-0.15, -0.1) is 0 Å². The highest BCUT2D eigenvalue weighted by Crippen LogP contribution is 2.27. The zero-order chi connectivity index (χ0) is 11.5. The number of hydrogen-bond acceptors (Lipinski definition) is 2. The van der Waals surface area contributed by atoms with Crippen molar-refractivity contribution in [2.75, 3.05) is 12.4 Å². The van der Waals surface area contributed by atoms with E-state index >= 15 is 0 Å². The lowest BCUT2D eigenvalue weighted by molar-refractivity contribution is 0.251. The molecule has 1 saturated carbocycles. The van der Waals surface area contributed by atoms with Crippen molar-refractivity contribution in [2.24, 2.45) is 0 Å². The van der Waals surface area contributed by atoms with Crippen LogP contribution in [0.2, 0.25) is 0 Å². The number of rotatable bonds is 3. The molecule has 5 heteroatoms. The molecule has 1 aliphatic carbocycles. The summed E-state index contributed by atoms with van der Waals surface area (Å²) in [5, 5.41) is 5.62. The lowest BCUT2D eigenvalue weighted by atomic mass is 10.3. The third-order valence-corrected chi connectivity index (χ3v) is 2.98. The molecule has 0 radical (unpaired) electrons. The van der Waals surface area contributed by atoms with Crippen molar-refractivity contribution in [1.82, 2.24) is 5.32 Å². The molecule has 1 aromatic carbocycles. The van der Waals surface area contributed by atoms with Crippen LogP contribution in [-0.4, -0.2) is 19.2 Å². The molecule has 0 heterocycles. The van der Waals surface area contributed by atoms with Crippen molar-refractivity contribution in [1.29, 1.82) is 0 Å². The smallest absolute Gasteiger partial charge is 0.319 e. The molecule has 86 valence electrons. The monoisotopic (exact) mass is 284 g/mol. The van der Waals surface area contributed by atoms with E-state index in [0.29, 0.717) is 11.8 Å². The quantitative estimate of drug-likeness (QED) is 0.897. The van der Waals surface area contributed by atoms with Crippen LogP contribution in [0.3, 0.4) is 0 Å². The van der Waals surface area contributed by atoms with Gasteiger partial charge in [0.05, 0.1) is 11.6 Å². The molecule has 1 aliphatic rings. The first-order chi connectivity index (χ1) is 7.69. The Balaban J connectivity index is 1.99. The van der Waals surface area contributed by atoms with Crippen LogP contribution in [0, 0.1) is 0 Å². The molecule has 0 aromatic heterocycles. The second-order valence-corrected chi connectivity index (χ2v) is 4.58. The Bertz CT molecular complexity index is 405. The average Bonchev–Trinajstić information content (AvgIpc) is 3.04. The van der Waals surface area contributed by atoms with Gasteiger partial charge in [-0.05, 0) is 40.9 Å². The summed E-state index contributed by atoms with van der Waals surface area (Å²) >= 11 is 3.35. The molecule has 16 heavy (non-hydrogen) atoms. The average molecular weight is 285 g/mol. The van der Waals surface area contributed by atoms with E-state index in [1.165, 1.54) is 0 Å². The summed E-state index contributed by atoms with van der Waals surface area (Å²) in [6, 6.07) is 5.63. The van der Waals surface area contributed by atoms with E-state index in [2.05, 4.69) is 26.6 Å². The highest BCUT2D eigenvalue weighted by atomic mass is 79.9. The van der Waals surface area contributed by atoms with Crippen molar-refractivity contribution in [3.8, 4) is 5.75 Å². The Morgan fingerprint density at radius 1 is 1.50 bits per heavy atom. The summed E-state index contributed by atoms with van der Waals surface area (Å²) in [6.07, 6.45) is 2.16. The fourth-order valence-electron chi connectivity index (χ4n) is 1.32. The molecule has 0 aliphatic heterocycles. The molecule has 0 bridgehead atoms. The first-order valence-electron chi connectivity index (χ1n) is 5.10. The van der Waals surface area contributed by atoms with Crippen LogP contribution in [0.5, 0.6) is 5.75 Å². The normalized spacial score (nSPS) is 14.4. The van der Waals surface area contributed by atoms with Gasteiger partial charge in [0.15, 0.2) is 0 Å². The van der Waals surface area contributed by atoms with Gasteiger partial charge in [0.2, 0.25) is 0 Å². The minimum atomic E-state index is -0.160. The second kappa shape index (κ2) is 4.74. The number of ether oxygens (including phenoxy) is 1. The number of urea groups is 1. The van der Waals surface area contributed by atoms with Gasteiger partial charge in [-0.25, -0.2) is 4.79 Å². The van der Waals surface area contributed by atoms with Gasteiger partial charge in [0.25, 0.3) is 0 Å². The second-order valence-electron chi connectivity index (χ2n) is 3.72. The zero-order valence-corrected chi connectivity index (χ0v) is 10.5. The van der Waals surface area contributed by atoms with Crippen molar-refractivity contribution in [3.05, 3.63) is 22.7 Å². The zero-order valence-electron chi connectivity index (χ0n) is 8.92. The molecule has 1 fully saturated rings. The summed E-state index contributed by atoms with van der Waals surface area (Å²) in [7, 11) is 1.59. The molecule has 0 saturated heterocycles. The summed E-state index contributed by atoms with van der Waals surface area (Å²) in [4.78, 5) is 11.5. The highest BCUT2D eigenvalue weighted by Gasteiger charge is 2.23. The Morgan fingerprint density at radius 2 is 2.25 bits per heavy atom. The van der Waals surface area contributed by atoms with E-state index < -0.39 is 0 Å². The topological polar surface area (TPSA) is 50.4 Å². The van der Waals surface area contributed by atoms with E-state index in [9.17, 15) is 4.79 Å². The van der Waals surface area contributed by atoms with Gasteiger partial charge >= 0.3 is 6.03 Å². The van der Waals surface area contributed by atoms with E-state index in [-0.39, 0.29) is 6.03 Å². The Labute approximate surface area is 102 Å². The number of halogens is 1. The van der Waals surface area contributed by atoms with Crippen LogP contribution in [0.25, 0.3) is 0 Å². The number of amides is 2. The van der Waals surface area contributed by atoms with E-state index in [1.807, 2.05) is 12.1 Å². The Morgan fingerprint density at radius 3 is 2.88 bits per heavy atom. The Kier molecular flexibility index (Phi) is 3.33. The van der Waals surface area contributed by atoms with Gasteiger partial charge in [-0.2, -0.15) is 0 Å². The first-order valence-corrected chi connectivity index (χ1v) is 5.89. The third kappa shape index (κ3) is 2.88. The van der Waals surface area contributed by atoms with Crippen LogP contribution < -0.4 is 15.4 Å². The van der Waals surface area contributed by atoms with Crippen LogP contribution in [0.1, 0.15) is 12.8 Å². The molecule has 0 unspecified atom stereocenters. The molecule has 0 atom stereocenters. The van der Waals surface area contributed by atoms with Gasteiger partial charge in [-0.3, -0.25) is 0 Å². The number of methoxy groups -OCH3 is 1. The molecule has 2 amide bonds. The first kappa shape index (κ1) is 11.3. The van der Waals surface area contributed by atoms with Gasteiger partial charge in [0.1, 0.15) is 5.75 Å². The highest BCUT2D eigenvalue weighted by molar-refractivity contribution is 9.10. The molecular formula is C11H13BrN2O2. The number of hydrogen-bond donors (Lipinski definition) is 2. The summed E-state index contributed by atoms with van der Waals surface area (Å²) < 4.78 is 6.01. The lowest BCUT2D eigenvalue weighted by Gasteiger charge is -2.09. The number of benzene rings is 1. The number of carbonyl (C=O) groups is 1. The van der Waals surface area contributed by atoms with Crippen LogP contribution in [0.4, 0.5) is 10.5 Å². The summed E-state index contributed by atoms with van der Waals surface area (Å²) in [5.74, 6) is 0.698. The SMILES string of the molecule is COc1cc(NC(=O)NC2CC2)ccc1Br. The van der Waals surface area contributed by atoms with E-state index in [1.54, 1.807) is 13.2 Å². The minimum Gasteiger partial charge on any atom is -0.495 e. The van der Waals surface area contributed by atoms with Crippen molar-refractivity contribution in [2.45, 2.75) is 18.9 Å². The van der Waals surface area contributed by atoms with E-state index in [4.69, 9.17) is 4.74 Å². The molecule has 2 N–H and O–H groups in total. The van der Waals surface area contributed by atoms with Gasteiger partial charge < -0.3 is 15.4 Å². The van der Waals surface area contributed by atoms with Gasteiger partial charge in [0, 0.05) is 17.8 Å². The van der Waals surface area contributed by atoms with Crippen LogP contribution >= 0.6 is 15.9 Å². The summed E-state index contributed by atoms with van der Waals surface area (Å²) in [5.41, 5.74) is 0.721. The van der Waals surface area contributed by atoms with Crippen molar-refractivity contribution < 1.29 is 9.53 Å². The molecule has 0 spiro atoms. The molecular weight excluding hydrogens is 272 g/mol. The number of anilines is 1. The predicted octanol–water partition coefficient (Wildman–Crippen LogP) is 2.74. The van der Waals surface area contributed by atoms with Gasteiger partial charge in [-0.1, -0.05) is 0 Å². The molecule has 4 nitrogen and oxygen atoms in total. The van der Waals surface area contributed by atoms with Crippen LogP contribution in [0.15, 0.2) is 22.7 Å². The van der Waals surface area contributed by atoms with E-state index in [0.717, 1.165) is 23.0 Å². The maximum atomic E-state index is 11.5. The largest absolute Gasteiger partial charge is 0.495 e. The predicted molar refractivity (Wildman–Crippen MR) is 65.9 cm³/mol. The minimum absolute atomic E-state index is 0.160.